The number of fused-ring (bicyclic) bond motifs is 2. The first-order valence-electron chi connectivity index (χ1n) is 7.20. The Kier molecular flexibility index (Phi) is 2.94. The molecule has 0 radical (unpaired) electrons. The molecule has 1 N–H and O–H groups in total. The normalized spacial score (nSPS) is 12.6. The number of aryl methyl sites for hydroxylation is 1. The first-order valence-corrected chi connectivity index (χ1v) is 7.20. The molecule has 1 aliphatic heterocycles. The summed E-state index contributed by atoms with van der Waals surface area (Å²) in [6.45, 7) is 2.05. The molecule has 0 atom stereocenters. The minimum Gasteiger partial charge on any atom is -0.454 e. The van der Waals surface area contributed by atoms with Gasteiger partial charge in [0.1, 0.15) is 0 Å². The zero-order valence-corrected chi connectivity index (χ0v) is 12.4. The van der Waals surface area contributed by atoms with Gasteiger partial charge in [-0.3, -0.25) is 9.59 Å². The lowest BCUT2D eigenvalue weighted by atomic mass is 10.0. The van der Waals surface area contributed by atoms with Crippen LogP contribution in [0, 0.1) is 6.92 Å². The Morgan fingerprint density at radius 2 is 1.91 bits per heavy atom. The van der Waals surface area contributed by atoms with Gasteiger partial charge < -0.3 is 14.5 Å². The fourth-order valence-corrected chi connectivity index (χ4v) is 2.69. The molecule has 5 heteroatoms. The van der Waals surface area contributed by atoms with Crippen LogP contribution in [0.5, 0.6) is 11.5 Å². The number of aromatic amines is 1. The highest BCUT2D eigenvalue weighted by atomic mass is 16.7. The number of rotatable bonds is 2. The zero-order valence-electron chi connectivity index (χ0n) is 12.4. The Bertz CT molecular complexity index is 1000. The summed E-state index contributed by atoms with van der Waals surface area (Å²) < 4.78 is 10.5. The molecule has 4 rings (SSSR count). The lowest BCUT2D eigenvalue weighted by Gasteiger charge is -2.05. The second-order valence-corrected chi connectivity index (χ2v) is 5.48. The molecular weight excluding hydrogens is 294 g/mol. The summed E-state index contributed by atoms with van der Waals surface area (Å²) >= 11 is 0. The second kappa shape index (κ2) is 4.98. The van der Waals surface area contributed by atoms with Crippen molar-refractivity contribution in [3.8, 4) is 11.5 Å². The Hall–Kier alpha value is -3.08. The fraction of sp³-hybridized carbons (Fsp3) is 0.111. The van der Waals surface area contributed by atoms with Gasteiger partial charge in [-0.1, -0.05) is 11.6 Å². The number of carbonyl (C=O) groups excluding carboxylic acids is 1. The third-order valence-corrected chi connectivity index (χ3v) is 3.92. The lowest BCUT2D eigenvalue weighted by Crippen LogP contribution is -2.16. The van der Waals surface area contributed by atoms with Crippen LogP contribution < -0.4 is 14.9 Å². The molecule has 0 saturated carbocycles. The quantitative estimate of drug-likeness (QED) is 0.739. The van der Waals surface area contributed by atoms with Crippen LogP contribution in [-0.2, 0) is 0 Å². The summed E-state index contributed by atoms with van der Waals surface area (Å²) in [4.78, 5) is 28.3. The number of aromatic nitrogens is 1. The Morgan fingerprint density at radius 1 is 1.09 bits per heavy atom. The van der Waals surface area contributed by atoms with Crippen molar-refractivity contribution in [1.29, 1.82) is 0 Å². The van der Waals surface area contributed by atoms with Crippen molar-refractivity contribution in [3.63, 3.8) is 0 Å². The van der Waals surface area contributed by atoms with Crippen LogP contribution in [0.4, 0.5) is 0 Å². The van der Waals surface area contributed by atoms with Crippen molar-refractivity contribution >= 4 is 16.7 Å². The molecule has 0 amide bonds. The van der Waals surface area contributed by atoms with Crippen LogP contribution in [0.3, 0.4) is 0 Å². The van der Waals surface area contributed by atoms with Gasteiger partial charge in [0.15, 0.2) is 17.3 Å². The van der Waals surface area contributed by atoms with Gasteiger partial charge in [0.2, 0.25) is 12.2 Å². The van der Waals surface area contributed by atoms with E-state index in [1.807, 2.05) is 19.1 Å². The molecule has 0 unspecified atom stereocenters. The maximum absolute atomic E-state index is 12.7. The number of benzene rings is 2. The third-order valence-electron chi connectivity index (χ3n) is 3.92. The van der Waals surface area contributed by atoms with Crippen molar-refractivity contribution in [3.05, 3.63) is 69.5 Å². The molecule has 3 aromatic rings. The van der Waals surface area contributed by atoms with Crippen molar-refractivity contribution in [2.24, 2.45) is 0 Å². The van der Waals surface area contributed by atoms with Crippen molar-refractivity contribution < 1.29 is 14.3 Å². The molecule has 0 bridgehead atoms. The lowest BCUT2D eigenvalue weighted by molar-refractivity contribution is 0.103. The molecule has 2 heterocycles. The number of ether oxygens (including phenoxy) is 2. The fourth-order valence-electron chi connectivity index (χ4n) is 2.69. The number of H-pyrrole nitrogens is 1. The molecule has 0 fully saturated rings. The number of carbonyl (C=O) groups is 1. The van der Waals surface area contributed by atoms with E-state index in [0.29, 0.717) is 28.0 Å². The number of nitrogens with one attached hydrogen (secondary N) is 1. The molecule has 23 heavy (non-hydrogen) atoms. The van der Waals surface area contributed by atoms with Crippen LogP contribution in [0.2, 0.25) is 0 Å². The first kappa shape index (κ1) is 13.6. The van der Waals surface area contributed by atoms with Gasteiger partial charge in [-0.15, -0.1) is 0 Å². The Morgan fingerprint density at radius 3 is 2.78 bits per heavy atom. The summed E-state index contributed by atoms with van der Waals surface area (Å²) in [6.07, 6.45) is 1.47. The first-order chi connectivity index (χ1) is 11.1. The SMILES string of the molecule is Cc1ccc2[nH]cc(C(=O)c3ccc4c(c3)OCO4)c(=O)c2c1. The molecule has 0 saturated heterocycles. The summed E-state index contributed by atoms with van der Waals surface area (Å²) in [5.74, 6) is 0.779. The standard InChI is InChI=1S/C18H13NO4/c1-10-2-4-14-12(6-10)18(21)13(8-19-14)17(20)11-3-5-15-16(7-11)23-9-22-15/h2-8H,9H2,1H3,(H,19,21). The summed E-state index contributed by atoms with van der Waals surface area (Å²) in [5, 5.41) is 0.511. The number of pyridine rings is 1. The average molecular weight is 307 g/mol. The van der Waals surface area contributed by atoms with Crippen molar-refractivity contribution in [2.45, 2.75) is 6.92 Å². The van der Waals surface area contributed by atoms with Crippen LogP contribution in [0.25, 0.3) is 10.9 Å². The van der Waals surface area contributed by atoms with Gasteiger partial charge in [0, 0.05) is 22.7 Å². The highest BCUT2D eigenvalue weighted by Crippen LogP contribution is 2.32. The molecule has 1 aliphatic rings. The Balaban J connectivity index is 1.84. The van der Waals surface area contributed by atoms with E-state index >= 15 is 0 Å². The summed E-state index contributed by atoms with van der Waals surface area (Å²) in [5.41, 5.74) is 1.91. The number of hydrogen-bond donors (Lipinski definition) is 1. The van der Waals surface area contributed by atoms with Crippen molar-refractivity contribution in [1.82, 2.24) is 4.98 Å². The minimum atomic E-state index is -0.340. The van der Waals surface area contributed by atoms with E-state index in [9.17, 15) is 9.59 Å². The van der Waals surface area contributed by atoms with Crippen LogP contribution >= 0.6 is 0 Å². The van der Waals surface area contributed by atoms with E-state index in [4.69, 9.17) is 9.47 Å². The van der Waals surface area contributed by atoms with Gasteiger partial charge in [-0.25, -0.2) is 0 Å². The van der Waals surface area contributed by atoms with E-state index in [2.05, 4.69) is 4.98 Å². The van der Waals surface area contributed by atoms with E-state index in [0.717, 1.165) is 5.56 Å². The van der Waals surface area contributed by atoms with E-state index < -0.39 is 0 Å². The van der Waals surface area contributed by atoms with Crippen LogP contribution in [0.1, 0.15) is 21.5 Å². The van der Waals surface area contributed by atoms with Crippen LogP contribution in [-0.4, -0.2) is 17.6 Å². The molecular formula is C18H13NO4. The predicted octanol–water partition coefficient (Wildman–Crippen LogP) is 2.80. The third kappa shape index (κ3) is 2.17. The van der Waals surface area contributed by atoms with E-state index in [1.54, 1.807) is 24.3 Å². The molecule has 114 valence electrons. The van der Waals surface area contributed by atoms with Gasteiger partial charge >= 0.3 is 0 Å². The highest BCUT2D eigenvalue weighted by Gasteiger charge is 2.19. The summed E-state index contributed by atoms with van der Waals surface area (Å²) in [7, 11) is 0. The highest BCUT2D eigenvalue weighted by molar-refractivity contribution is 6.10. The maximum Gasteiger partial charge on any atom is 0.231 e. The molecule has 2 aromatic carbocycles. The Labute approximate surface area is 131 Å². The van der Waals surface area contributed by atoms with Gasteiger partial charge in [0.05, 0.1) is 5.56 Å². The van der Waals surface area contributed by atoms with Gasteiger partial charge in [-0.2, -0.15) is 0 Å². The molecule has 5 nitrogen and oxygen atoms in total. The zero-order chi connectivity index (χ0) is 16.0. The molecule has 0 aliphatic carbocycles. The molecule has 0 spiro atoms. The predicted molar refractivity (Wildman–Crippen MR) is 85.3 cm³/mol. The smallest absolute Gasteiger partial charge is 0.231 e. The number of ketones is 1. The average Bonchev–Trinajstić information content (AvgIpc) is 3.03. The second-order valence-electron chi connectivity index (χ2n) is 5.48. The molecule has 1 aromatic heterocycles. The van der Waals surface area contributed by atoms with E-state index in [1.165, 1.54) is 6.20 Å². The summed E-state index contributed by atoms with van der Waals surface area (Å²) in [6, 6.07) is 10.4. The minimum absolute atomic E-state index is 0.113. The monoisotopic (exact) mass is 307 g/mol. The number of hydrogen-bond acceptors (Lipinski definition) is 4. The van der Waals surface area contributed by atoms with E-state index in [-0.39, 0.29) is 23.6 Å². The van der Waals surface area contributed by atoms with Crippen molar-refractivity contribution in [2.75, 3.05) is 6.79 Å². The van der Waals surface area contributed by atoms with Gasteiger partial charge in [-0.05, 0) is 37.3 Å². The maximum atomic E-state index is 12.7. The van der Waals surface area contributed by atoms with Gasteiger partial charge in [0.25, 0.3) is 0 Å². The topological polar surface area (TPSA) is 68.4 Å². The van der Waals surface area contributed by atoms with Crippen LogP contribution in [0.15, 0.2) is 47.4 Å². The largest absolute Gasteiger partial charge is 0.454 e.